The quantitative estimate of drug-likeness (QED) is 0.597. The van der Waals surface area contributed by atoms with E-state index in [1.165, 1.54) is 25.7 Å². The summed E-state index contributed by atoms with van der Waals surface area (Å²) in [6.45, 7) is 2.10. The molecule has 2 rings (SSSR count). The van der Waals surface area contributed by atoms with E-state index in [1.54, 1.807) is 0 Å². The maximum Gasteiger partial charge on any atom is 0.221 e. The van der Waals surface area contributed by atoms with Crippen LogP contribution in [0.25, 0.3) is 0 Å². The summed E-state index contributed by atoms with van der Waals surface area (Å²) in [5.41, 5.74) is 5.87. The lowest BCUT2D eigenvalue weighted by molar-refractivity contribution is -0.121. The first-order valence-electron chi connectivity index (χ1n) is 6.35. The molecule has 0 aliphatic heterocycles. The number of hydrogen-bond acceptors (Lipinski definition) is 3. The average molecular weight is 226 g/mol. The van der Waals surface area contributed by atoms with Crippen molar-refractivity contribution < 1.29 is 9.53 Å². The number of carbonyl (C=O) groups excluding carboxylic acids is 1. The Kier molecular flexibility index (Phi) is 4.18. The van der Waals surface area contributed by atoms with Crippen molar-refractivity contribution in [3.8, 4) is 0 Å². The van der Waals surface area contributed by atoms with Crippen molar-refractivity contribution in [3.05, 3.63) is 0 Å². The molecule has 4 nitrogen and oxygen atoms in total. The number of rotatable bonds is 8. The second kappa shape index (κ2) is 5.64. The number of nitrogens with one attached hydrogen (secondary N) is 1. The highest BCUT2D eigenvalue weighted by atomic mass is 16.5. The summed E-state index contributed by atoms with van der Waals surface area (Å²) in [7, 11) is 0. The van der Waals surface area contributed by atoms with Gasteiger partial charge in [0.1, 0.15) is 0 Å². The van der Waals surface area contributed by atoms with E-state index in [2.05, 4.69) is 5.32 Å². The molecule has 2 aliphatic carbocycles. The van der Waals surface area contributed by atoms with Gasteiger partial charge in [0.05, 0.1) is 6.61 Å². The van der Waals surface area contributed by atoms with E-state index in [0.717, 1.165) is 12.5 Å². The summed E-state index contributed by atoms with van der Waals surface area (Å²) < 4.78 is 5.43. The molecule has 2 saturated carbocycles. The van der Waals surface area contributed by atoms with Gasteiger partial charge in [0.25, 0.3) is 0 Å². The first-order chi connectivity index (χ1) is 7.75. The summed E-state index contributed by atoms with van der Waals surface area (Å²) in [5.74, 6) is 1.45. The minimum Gasteiger partial charge on any atom is -0.379 e. The molecule has 3 N–H and O–H groups in total. The highest BCUT2D eigenvalue weighted by Gasteiger charge is 2.29. The van der Waals surface area contributed by atoms with Gasteiger partial charge in [-0.2, -0.15) is 0 Å². The maximum atomic E-state index is 11.4. The first kappa shape index (κ1) is 11.9. The fraction of sp³-hybridized carbons (Fsp3) is 0.917. The van der Waals surface area contributed by atoms with E-state index >= 15 is 0 Å². The minimum absolute atomic E-state index is 0.0624. The Bertz CT molecular complexity index is 237. The summed E-state index contributed by atoms with van der Waals surface area (Å²) in [6.07, 6.45) is 5.47. The molecule has 0 bridgehead atoms. The normalized spacial score (nSPS) is 21.8. The van der Waals surface area contributed by atoms with Gasteiger partial charge in [-0.15, -0.1) is 0 Å². The van der Waals surface area contributed by atoms with Crippen LogP contribution in [0.2, 0.25) is 0 Å². The second-order valence-electron chi connectivity index (χ2n) is 5.07. The van der Waals surface area contributed by atoms with Gasteiger partial charge in [0.15, 0.2) is 0 Å². The van der Waals surface area contributed by atoms with Crippen molar-refractivity contribution >= 4 is 5.91 Å². The third-order valence-corrected chi connectivity index (χ3v) is 3.27. The molecular weight excluding hydrogens is 204 g/mol. The molecule has 1 unspecified atom stereocenters. The highest BCUT2D eigenvalue weighted by molar-refractivity contribution is 5.76. The Labute approximate surface area is 96.9 Å². The highest BCUT2D eigenvalue weighted by Crippen LogP contribution is 2.32. The van der Waals surface area contributed by atoms with Crippen molar-refractivity contribution in [1.29, 1.82) is 0 Å². The predicted molar refractivity (Wildman–Crippen MR) is 61.9 cm³/mol. The van der Waals surface area contributed by atoms with Crippen LogP contribution < -0.4 is 11.1 Å². The van der Waals surface area contributed by atoms with E-state index in [1.807, 2.05) is 0 Å². The van der Waals surface area contributed by atoms with Crippen LogP contribution in [0.3, 0.4) is 0 Å². The van der Waals surface area contributed by atoms with Gasteiger partial charge >= 0.3 is 0 Å². The molecule has 2 aliphatic rings. The Morgan fingerprint density at radius 2 is 2.12 bits per heavy atom. The van der Waals surface area contributed by atoms with E-state index in [4.69, 9.17) is 10.5 Å². The van der Waals surface area contributed by atoms with Crippen molar-refractivity contribution in [1.82, 2.24) is 5.32 Å². The van der Waals surface area contributed by atoms with Crippen molar-refractivity contribution in [2.45, 2.75) is 38.1 Å². The third-order valence-electron chi connectivity index (χ3n) is 3.27. The fourth-order valence-electron chi connectivity index (χ4n) is 1.77. The number of ether oxygens (including phenoxy) is 1. The van der Waals surface area contributed by atoms with Crippen LogP contribution in [0.1, 0.15) is 32.1 Å². The van der Waals surface area contributed by atoms with Gasteiger partial charge in [-0.1, -0.05) is 0 Å². The molecule has 1 atom stereocenters. The molecule has 0 aromatic heterocycles. The lowest BCUT2D eigenvalue weighted by Crippen LogP contribution is -2.34. The van der Waals surface area contributed by atoms with E-state index in [9.17, 15) is 4.79 Å². The van der Waals surface area contributed by atoms with E-state index in [0.29, 0.717) is 25.5 Å². The molecule has 0 saturated heterocycles. The first-order valence-corrected chi connectivity index (χ1v) is 6.35. The molecule has 0 spiro atoms. The third kappa shape index (κ3) is 4.49. The molecule has 1 amide bonds. The monoisotopic (exact) mass is 226 g/mol. The number of carbonyl (C=O) groups is 1. The van der Waals surface area contributed by atoms with Gasteiger partial charge in [0.2, 0.25) is 5.91 Å². The van der Waals surface area contributed by atoms with Gasteiger partial charge in [-0.25, -0.2) is 0 Å². The summed E-state index contributed by atoms with van der Waals surface area (Å²) in [4.78, 5) is 11.4. The lowest BCUT2D eigenvalue weighted by atomic mass is 10.1. The Morgan fingerprint density at radius 1 is 1.38 bits per heavy atom. The van der Waals surface area contributed by atoms with Crippen molar-refractivity contribution in [2.24, 2.45) is 17.6 Å². The largest absolute Gasteiger partial charge is 0.379 e. The van der Waals surface area contributed by atoms with Crippen LogP contribution in [-0.4, -0.2) is 31.7 Å². The number of amides is 1. The zero-order valence-electron chi connectivity index (χ0n) is 9.78. The zero-order valence-corrected chi connectivity index (χ0v) is 9.78. The lowest BCUT2D eigenvalue weighted by Gasteiger charge is -2.10. The Balaban J connectivity index is 1.43. The molecule has 16 heavy (non-hydrogen) atoms. The average Bonchev–Trinajstić information content (AvgIpc) is 3.11. The second-order valence-corrected chi connectivity index (χ2v) is 5.07. The van der Waals surface area contributed by atoms with Crippen LogP contribution in [0, 0.1) is 11.8 Å². The summed E-state index contributed by atoms with van der Waals surface area (Å²) >= 11 is 0. The van der Waals surface area contributed by atoms with Gasteiger partial charge in [0, 0.05) is 25.6 Å². The topological polar surface area (TPSA) is 64.4 Å². The smallest absolute Gasteiger partial charge is 0.221 e. The molecule has 4 heteroatoms. The van der Waals surface area contributed by atoms with E-state index in [-0.39, 0.29) is 11.9 Å². The maximum absolute atomic E-state index is 11.4. The van der Waals surface area contributed by atoms with Gasteiger partial charge in [-0.3, -0.25) is 4.79 Å². The van der Waals surface area contributed by atoms with Crippen molar-refractivity contribution in [3.63, 3.8) is 0 Å². The zero-order chi connectivity index (χ0) is 11.4. The van der Waals surface area contributed by atoms with Crippen LogP contribution in [0.15, 0.2) is 0 Å². The number of nitrogens with two attached hydrogens (primary N) is 1. The molecule has 0 aromatic carbocycles. The van der Waals surface area contributed by atoms with Crippen molar-refractivity contribution in [2.75, 3.05) is 19.8 Å². The molecule has 0 radical (unpaired) electrons. The summed E-state index contributed by atoms with van der Waals surface area (Å²) in [5, 5.41) is 2.85. The molecule has 0 aromatic rings. The van der Waals surface area contributed by atoms with Crippen LogP contribution in [0.5, 0.6) is 0 Å². The SMILES string of the molecule is NC(CC(=O)NCCOCC1CC1)C1CC1. The van der Waals surface area contributed by atoms with Crippen LogP contribution in [0.4, 0.5) is 0 Å². The van der Waals surface area contributed by atoms with Crippen LogP contribution in [-0.2, 0) is 9.53 Å². The Morgan fingerprint density at radius 3 is 2.75 bits per heavy atom. The molecule has 2 fully saturated rings. The van der Waals surface area contributed by atoms with Crippen LogP contribution >= 0.6 is 0 Å². The molecule has 0 heterocycles. The fourth-order valence-corrected chi connectivity index (χ4v) is 1.77. The number of hydrogen-bond donors (Lipinski definition) is 2. The Hall–Kier alpha value is -0.610. The predicted octanol–water partition coefficient (Wildman–Crippen LogP) is 0.657. The minimum atomic E-state index is 0.0624. The molecular formula is C12H22N2O2. The van der Waals surface area contributed by atoms with Gasteiger partial charge in [-0.05, 0) is 37.5 Å². The van der Waals surface area contributed by atoms with E-state index < -0.39 is 0 Å². The molecule has 92 valence electrons. The summed E-state index contributed by atoms with van der Waals surface area (Å²) in [6, 6.07) is 0.0624. The van der Waals surface area contributed by atoms with Gasteiger partial charge < -0.3 is 15.8 Å². The standard InChI is InChI=1S/C12H22N2O2/c13-11(10-3-4-10)7-12(15)14-5-6-16-8-9-1-2-9/h9-11H,1-8,13H2,(H,14,15).